The van der Waals surface area contributed by atoms with Crippen LogP contribution < -0.4 is 11.1 Å². The van der Waals surface area contributed by atoms with E-state index < -0.39 is 0 Å². The Morgan fingerprint density at radius 3 is 2.47 bits per heavy atom. The molecule has 0 radical (unpaired) electrons. The van der Waals surface area contributed by atoms with E-state index in [4.69, 9.17) is 5.73 Å². The topological polar surface area (TPSA) is 38.0 Å². The van der Waals surface area contributed by atoms with E-state index in [2.05, 4.69) is 43.4 Å². The highest BCUT2D eigenvalue weighted by atomic mass is 14.9. The molecular weight excluding hydrogens is 208 g/mol. The Kier molecular flexibility index (Phi) is 4.06. The Hall–Kier alpha value is -1.02. The van der Waals surface area contributed by atoms with Crippen molar-refractivity contribution in [1.82, 2.24) is 0 Å². The van der Waals surface area contributed by atoms with Crippen molar-refractivity contribution in [3.05, 3.63) is 29.8 Å². The number of hydrogen-bond donors (Lipinski definition) is 2. The van der Waals surface area contributed by atoms with Gasteiger partial charge >= 0.3 is 0 Å². The smallest absolute Gasteiger partial charge is 0.0340 e. The lowest BCUT2D eigenvalue weighted by atomic mass is 9.81. The van der Waals surface area contributed by atoms with Crippen molar-refractivity contribution in [2.75, 3.05) is 11.9 Å². The molecule has 0 amide bonds. The molecule has 1 atom stereocenters. The van der Waals surface area contributed by atoms with Crippen molar-refractivity contribution in [3.63, 3.8) is 0 Å². The number of rotatable bonds is 5. The summed E-state index contributed by atoms with van der Waals surface area (Å²) in [6, 6.07) is 9.32. The molecule has 1 unspecified atom stereocenters. The predicted octanol–water partition coefficient (Wildman–Crippen LogP) is 3.35. The van der Waals surface area contributed by atoms with Gasteiger partial charge in [-0.1, -0.05) is 26.0 Å². The number of hydrogen-bond acceptors (Lipinski definition) is 2. The average Bonchev–Trinajstić information content (AvgIpc) is 2.33. The number of nitrogens with two attached hydrogens (primary N) is 1. The van der Waals surface area contributed by atoms with Crippen LogP contribution in [0.5, 0.6) is 0 Å². The van der Waals surface area contributed by atoms with E-state index in [1.165, 1.54) is 30.5 Å². The molecule has 0 aromatic heterocycles. The molecule has 17 heavy (non-hydrogen) atoms. The fraction of sp³-hybridized carbons (Fsp3) is 0.600. The van der Waals surface area contributed by atoms with Crippen LogP contribution in [-0.2, 0) is 0 Å². The first-order valence-electron chi connectivity index (χ1n) is 6.78. The maximum atomic E-state index is 5.78. The minimum absolute atomic E-state index is 0.453. The van der Waals surface area contributed by atoms with Gasteiger partial charge in [-0.25, -0.2) is 0 Å². The first-order valence-corrected chi connectivity index (χ1v) is 6.78. The maximum absolute atomic E-state index is 5.78. The second-order valence-corrected chi connectivity index (χ2v) is 5.41. The predicted molar refractivity (Wildman–Crippen MR) is 74.3 cm³/mol. The Bertz CT molecular complexity index is 338. The molecule has 2 heteroatoms. The number of benzene rings is 1. The van der Waals surface area contributed by atoms with Crippen molar-refractivity contribution in [2.24, 2.45) is 11.7 Å². The van der Waals surface area contributed by atoms with E-state index in [9.17, 15) is 0 Å². The summed E-state index contributed by atoms with van der Waals surface area (Å²) in [6.45, 7) is 5.57. The SMILES string of the molecule is CCC(C)c1ccc(NCC2CC(N)C2)cc1. The minimum atomic E-state index is 0.453. The Morgan fingerprint density at radius 1 is 1.29 bits per heavy atom. The van der Waals surface area contributed by atoms with Gasteiger partial charge in [-0.3, -0.25) is 0 Å². The van der Waals surface area contributed by atoms with Gasteiger partial charge in [0.2, 0.25) is 0 Å². The van der Waals surface area contributed by atoms with Gasteiger partial charge in [0.1, 0.15) is 0 Å². The first-order chi connectivity index (χ1) is 8.19. The van der Waals surface area contributed by atoms with Crippen LogP contribution in [0.25, 0.3) is 0 Å². The third-order valence-electron chi connectivity index (χ3n) is 3.96. The summed E-state index contributed by atoms with van der Waals surface area (Å²) < 4.78 is 0. The molecule has 0 aliphatic heterocycles. The van der Waals surface area contributed by atoms with Gasteiger partial charge in [-0.2, -0.15) is 0 Å². The molecule has 2 nitrogen and oxygen atoms in total. The Balaban J connectivity index is 1.81. The van der Waals surface area contributed by atoms with Crippen molar-refractivity contribution >= 4 is 5.69 Å². The van der Waals surface area contributed by atoms with Crippen molar-refractivity contribution in [3.8, 4) is 0 Å². The first kappa shape index (κ1) is 12.4. The lowest BCUT2D eigenvalue weighted by Gasteiger charge is -2.32. The summed E-state index contributed by atoms with van der Waals surface area (Å²) in [5.41, 5.74) is 8.45. The molecule has 0 spiro atoms. The number of anilines is 1. The molecule has 94 valence electrons. The highest BCUT2D eigenvalue weighted by molar-refractivity contribution is 5.45. The third-order valence-corrected chi connectivity index (χ3v) is 3.96. The maximum Gasteiger partial charge on any atom is 0.0340 e. The second kappa shape index (κ2) is 5.54. The number of nitrogens with one attached hydrogen (secondary N) is 1. The summed E-state index contributed by atoms with van der Waals surface area (Å²) in [5.74, 6) is 1.44. The van der Waals surface area contributed by atoms with E-state index in [-0.39, 0.29) is 0 Å². The molecule has 0 bridgehead atoms. The molecule has 1 saturated carbocycles. The van der Waals surface area contributed by atoms with Crippen LogP contribution in [0.2, 0.25) is 0 Å². The third kappa shape index (κ3) is 3.22. The zero-order valence-electron chi connectivity index (χ0n) is 10.9. The van der Waals surface area contributed by atoms with Gasteiger partial charge in [0.05, 0.1) is 0 Å². The fourth-order valence-corrected chi connectivity index (χ4v) is 2.38. The van der Waals surface area contributed by atoms with E-state index in [0.717, 1.165) is 12.5 Å². The van der Waals surface area contributed by atoms with Crippen LogP contribution in [0.4, 0.5) is 5.69 Å². The van der Waals surface area contributed by atoms with Crippen LogP contribution in [-0.4, -0.2) is 12.6 Å². The molecule has 0 saturated heterocycles. The molecule has 3 N–H and O–H groups in total. The summed E-state index contributed by atoms with van der Waals surface area (Å²) in [7, 11) is 0. The highest BCUT2D eigenvalue weighted by Gasteiger charge is 2.25. The Labute approximate surface area is 105 Å². The van der Waals surface area contributed by atoms with Crippen molar-refractivity contribution in [1.29, 1.82) is 0 Å². The molecule has 1 aromatic rings. The van der Waals surface area contributed by atoms with Crippen LogP contribution >= 0.6 is 0 Å². The largest absolute Gasteiger partial charge is 0.385 e. The average molecular weight is 232 g/mol. The van der Waals surface area contributed by atoms with Crippen LogP contribution in [0.1, 0.15) is 44.6 Å². The zero-order valence-corrected chi connectivity index (χ0v) is 10.9. The quantitative estimate of drug-likeness (QED) is 0.817. The summed E-state index contributed by atoms with van der Waals surface area (Å²) in [6.07, 6.45) is 3.56. The van der Waals surface area contributed by atoms with E-state index >= 15 is 0 Å². The summed E-state index contributed by atoms with van der Waals surface area (Å²) in [4.78, 5) is 0. The molecule has 2 rings (SSSR count). The molecular formula is C15H24N2. The highest BCUT2D eigenvalue weighted by Crippen LogP contribution is 2.26. The Morgan fingerprint density at radius 2 is 1.94 bits per heavy atom. The van der Waals surface area contributed by atoms with Crippen LogP contribution in [0, 0.1) is 5.92 Å². The molecule has 1 aliphatic rings. The second-order valence-electron chi connectivity index (χ2n) is 5.41. The van der Waals surface area contributed by atoms with Gasteiger partial charge in [-0.05, 0) is 48.8 Å². The van der Waals surface area contributed by atoms with Gasteiger partial charge < -0.3 is 11.1 Å². The van der Waals surface area contributed by atoms with Crippen molar-refractivity contribution < 1.29 is 0 Å². The lowest BCUT2D eigenvalue weighted by Crippen LogP contribution is -2.39. The lowest BCUT2D eigenvalue weighted by molar-refractivity contribution is 0.280. The van der Waals surface area contributed by atoms with Crippen LogP contribution in [0.15, 0.2) is 24.3 Å². The van der Waals surface area contributed by atoms with Crippen molar-refractivity contribution in [2.45, 2.75) is 45.1 Å². The molecule has 1 aliphatic carbocycles. The monoisotopic (exact) mass is 232 g/mol. The van der Waals surface area contributed by atoms with E-state index in [1.54, 1.807) is 0 Å². The van der Waals surface area contributed by atoms with Gasteiger partial charge in [0.25, 0.3) is 0 Å². The molecule has 0 heterocycles. The summed E-state index contributed by atoms with van der Waals surface area (Å²) in [5, 5.41) is 3.50. The van der Waals surface area contributed by atoms with Gasteiger partial charge in [-0.15, -0.1) is 0 Å². The van der Waals surface area contributed by atoms with Gasteiger partial charge in [0, 0.05) is 18.3 Å². The molecule has 1 aromatic carbocycles. The molecule has 1 fully saturated rings. The van der Waals surface area contributed by atoms with E-state index in [0.29, 0.717) is 12.0 Å². The normalized spacial score (nSPS) is 25.1. The fourth-order valence-electron chi connectivity index (χ4n) is 2.38. The van der Waals surface area contributed by atoms with E-state index in [1.807, 2.05) is 0 Å². The minimum Gasteiger partial charge on any atom is -0.385 e. The summed E-state index contributed by atoms with van der Waals surface area (Å²) >= 11 is 0. The standard InChI is InChI=1S/C15H24N2/c1-3-11(2)13-4-6-15(7-5-13)17-10-12-8-14(16)9-12/h4-7,11-12,14,17H,3,8-10,16H2,1-2H3. The van der Waals surface area contributed by atoms with Gasteiger partial charge in [0.15, 0.2) is 0 Å². The van der Waals surface area contributed by atoms with Crippen LogP contribution in [0.3, 0.4) is 0 Å². The zero-order chi connectivity index (χ0) is 12.3.